The summed E-state index contributed by atoms with van der Waals surface area (Å²) in [5, 5.41) is 5.18. The average Bonchev–Trinajstić information content (AvgIpc) is 3.21. The van der Waals surface area contributed by atoms with Crippen LogP contribution in [0.1, 0.15) is 36.2 Å². The van der Waals surface area contributed by atoms with Gasteiger partial charge in [-0.3, -0.25) is 9.69 Å². The van der Waals surface area contributed by atoms with Crippen LogP contribution in [0.3, 0.4) is 0 Å². The van der Waals surface area contributed by atoms with Crippen LogP contribution in [0, 0.1) is 0 Å². The van der Waals surface area contributed by atoms with Crippen molar-refractivity contribution in [3.8, 4) is 0 Å². The van der Waals surface area contributed by atoms with E-state index in [2.05, 4.69) is 15.2 Å². The van der Waals surface area contributed by atoms with Gasteiger partial charge in [-0.25, -0.2) is 14.6 Å². The second-order valence-corrected chi connectivity index (χ2v) is 7.19. The zero-order valence-electron chi connectivity index (χ0n) is 16.1. The number of amides is 1. The number of morpholine rings is 1. The topological polar surface area (TPSA) is 107 Å². The number of anilines is 1. The van der Waals surface area contributed by atoms with Crippen LogP contribution in [-0.2, 0) is 20.8 Å². The summed E-state index contributed by atoms with van der Waals surface area (Å²) >= 11 is 1.40. The Balaban J connectivity index is 1.74. The lowest BCUT2D eigenvalue weighted by molar-refractivity contribution is 0.0341. The predicted octanol–water partition coefficient (Wildman–Crippen LogP) is 1.80. The summed E-state index contributed by atoms with van der Waals surface area (Å²) in [6, 6.07) is 4.20. The van der Waals surface area contributed by atoms with Crippen LogP contribution in [0.5, 0.6) is 0 Å². The van der Waals surface area contributed by atoms with E-state index in [0.29, 0.717) is 19.8 Å². The molecule has 0 saturated carbocycles. The molecule has 1 fully saturated rings. The van der Waals surface area contributed by atoms with Gasteiger partial charge in [0.15, 0.2) is 0 Å². The number of rotatable bonds is 6. The van der Waals surface area contributed by atoms with Crippen molar-refractivity contribution in [1.29, 1.82) is 0 Å². The number of hydrogen-bond donors (Lipinski definition) is 1. The number of nitrogens with zero attached hydrogens (tertiary/aromatic N) is 2. The number of esters is 2. The van der Waals surface area contributed by atoms with Crippen molar-refractivity contribution >= 4 is 34.9 Å². The standard InChI is InChI=1S/C19H21N3O6S/c1-26-18(24)12-7-13(19(25)27-2)9-14(8-12)20-17(23)15-11-29-16(21-15)10-22-3-5-28-6-4-22/h7-9,11H,3-6,10H2,1-2H3,(H,20,23). The maximum absolute atomic E-state index is 12.6. The zero-order chi connectivity index (χ0) is 20.8. The van der Waals surface area contributed by atoms with Crippen LogP contribution in [0.25, 0.3) is 0 Å². The quantitative estimate of drug-likeness (QED) is 0.707. The highest BCUT2D eigenvalue weighted by molar-refractivity contribution is 7.09. The van der Waals surface area contributed by atoms with Gasteiger partial charge in [0.05, 0.1) is 45.1 Å². The highest BCUT2D eigenvalue weighted by Gasteiger charge is 2.18. The fraction of sp³-hybridized carbons (Fsp3) is 0.368. The molecular weight excluding hydrogens is 398 g/mol. The summed E-state index contributed by atoms with van der Waals surface area (Å²) in [7, 11) is 2.47. The lowest BCUT2D eigenvalue weighted by Crippen LogP contribution is -2.35. The van der Waals surface area contributed by atoms with Crippen molar-refractivity contribution in [3.63, 3.8) is 0 Å². The average molecular weight is 419 g/mol. The van der Waals surface area contributed by atoms with E-state index in [1.807, 2.05) is 0 Å². The summed E-state index contributed by atoms with van der Waals surface area (Å²) < 4.78 is 14.7. The first kappa shape index (κ1) is 20.9. The first-order chi connectivity index (χ1) is 14.0. The highest BCUT2D eigenvalue weighted by Crippen LogP contribution is 2.19. The summed E-state index contributed by atoms with van der Waals surface area (Å²) in [6.07, 6.45) is 0. The maximum Gasteiger partial charge on any atom is 0.337 e. The molecule has 1 N–H and O–H groups in total. The van der Waals surface area contributed by atoms with E-state index in [0.717, 1.165) is 18.1 Å². The van der Waals surface area contributed by atoms with E-state index < -0.39 is 17.8 Å². The zero-order valence-corrected chi connectivity index (χ0v) is 16.9. The molecule has 0 radical (unpaired) electrons. The fourth-order valence-corrected chi connectivity index (χ4v) is 3.62. The second kappa shape index (κ2) is 9.59. The van der Waals surface area contributed by atoms with Crippen molar-refractivity contribution in [2.24, 2.45) is 0 Å². The van der Waals surface area contributed by atoms with Crippen LogP contribution < -0.4 is 5.32 Å². The summed E-state index contributed by atoms with van der Waals surface area (Å²) in [5.74, 6) is -1.70. The van der Waals surface area contributed by atoms with Gasteiger partial charge in [0, 0.05) is 24.2 Å². The van der Waals surface area contributed by atoms with E-state index in [9.17, 15) is 14.4 Å². The van der Waals surface area contributed by atoms with Crippen molar-refractivity contribution in [1.82, 2.24) is 9.88 Å². The van der Waals surface area contributed by atoms with Gasteiger partial charge in [-0.15, -0.1) is 11.3 Å². The largest absolute Gasteiger partial charge is 0.465 e. The third-order valence-corrected chi connectivity index (χ3v) is 5.11. The Morgan fingerprint density at radius 2 is 1.72 bits per heavy atom. The molecule has 154 valence electrons. The van der Waals surface area contributed by atoms with Gasteiger partial charge in [0.25, 0.3) is 5.91 Å². The van der Waals surface area contributed by atoms with Crippen molar-refractivity contribution in [3.05, 3.63) is 45.4 Å². The molecule has 1 aromatic heterocycles. The van der Waals surface area contributed by atoms with Crippen LogP contribution in [0.2, 0.25) is 0 Å². The van der Waals surface area contributed by atoms with E-state index in [1.54, 1.807) is 5.38 Å². The van der Waals surface area contributed by atoms with Crippen LogP contribution >= 0.6 is 11.3 Å². The van der Waals surface area contributed by atoms with E-state index in [1.165, 1.54) is 43.8 Å². The van der Waals surface area contributed by atoms with Gasteiger partial charge in [-0.2, -0.15) is 0 Å². The normalized spacial score (nSPS) is 14.3. The van der Waals surface area contributed by atoms with E-state index in [4.69, 9.17) is 14.2 Å². The molecule has 2 heterocycles. The maximum atomic E-state index is 12.6. The Morgan fingerprint density at radius 1 is 1.10 bits per heavy atom. The van der Waals surface area contributed by atoms with Gasteiger partial charge in [-0.1, -0.05) is 0 Å². The molecule has 0 aliphatic carbocycles. The third-order valence-electron chi connectivity index (χ3n) is 4.28. The van der Waals surface area contributed by atoms with Crippen molar-refractivity contribution in [2.75, 3.05) is 45.8 Å². The minimum absolute atomic E-state index is 0.122. The number of benzene rings is 1. The molecule has 0 spiro atoms. The van der Waals surface area contributed by atoms with Crippen molar-refractivity contribution in [2.45, 2.75) is 6.54 Å². The number of carbonyl (C=O) groups is 3. The molecule has 1 aliphatic heterocycles. The van der Waals surface area contributed by atoms with Gasteiger partial charge in [-0.05, 0) is 18.2 Å². The number of thiazole rings is 1. The molecule has 9 nitrogen and oxygen atoms in total. The minimum Gasteiger partial charge on any atom is -0.465 e. The van der Waals surface area contributed by atoms with E-state index >= 15 is 0 Å². The molecule has 10 heteroatoms. The van der Waals surface area contributed by atoms with Crippen LogP contribution in [0.15, 0.2) is 23.6 Å². The molecule has 2 aromatic rings. The van der Waals surface area contributed by atoms with Crippen molar-refractivity contribution < 1.29 is 28.6 Å². The molecule has 3 rings (SSSR count). The lowest BCUT2D eigenvalue weighted by atomic mass is 10.1. The van der Waals surface area contributed by atoms with Gasteiger partial charge in [0.2, 0.25) is 0 Å². The highest BCUT2D eigenvalue weighted by atomic mass is 32.1. The number of nitrogens with one attached hydrogen (secondary N) is 1. The Morgan fingerprint density at radius 3 is 2.31 bits per heavy atom. The second-order valence-electron chi connectivity index (χ2n) is 6.25. The van der Waals surface area contributed by atoms with Crippen LogP contribution in [0.4, 0.5) is 5.69 Å². The van der Waals surface area contributed by atoms with Crippen LogP contribution in [-0.4, -0.2) is 68.3 Å². The Labute approximate surface area is 171 Å². The fourth-order valence-electron chi connectivity index (χ4n) is 2.80. The molecule has 0 unspecified atom stereocenters. The molecule has 0 atom stereocenters. The molecule has 1 aliphatic rings. The Kier molecular flexibility index (Phi) is 6.91. The predicted molar refractivity (Wildman–Crippen MR) is 105 cm³/mol. The lowest BCUT2D eigenvalue weighted by Gasteiger charge is -2.25. The van der Waals surface area contributed by atoms with Gasteiger partial charge >= 0.3 is 11.9 Å². The summed E-state index contributed by atoms with van der Waals surface area (Å²) in [5.41, 5.74) is 0.774. The molecule has 1 saturated heterocycles. The Hall–Kier alpha value is -2.82. The number of aromatic nitrogens is 1. The SMILES string of the molecule is COC(=O)c1cc(NC(=O)c2csc(CN3CCOCC3)n2)cc(C(=O)OC)c1. The first-order valence-electron chi connectivity index (χ1n) is 8.87. The van der Waals surface area contributed by atoms with Gasteiger partial charge < -0.3 is 19.5 Å². The minimum atomic E-state index is -0.632. The number of carbonyl (C=O) groups excluding carboxylic acids is 3. The Bertz CT molecular complexity index is 873. The van der Waals surface area contributed by atoms with Gasteiger partial charge in [0.1, 0.15) is 10.7 Å². The smallest absolute Gasteiger partial charge is 0.337 e. The molecule has 0 bridgehead atoms. The molecule has 1 aromatic carbocycles. The first-order valence-corrected chi connectivity index (χ1v) is 9.75. The number of methoxy groups -OCH3 is 2. The summed E-state index contributed by atoms with van der Waals surface area (Å²) in [4.78, 5) is 42.9. The third kappa shape index (κ3) is 5.37. The summed E-state index contributed by atoms with van der Waals surface area (Å²) in [6.45, 7) is 3.71. The molecule has 29 heavy (non-hydrogen) atoms. The molecule has 1 amide bonds. The molecular formula is C19H21N3O6S. The monoisotopic (exact) mass is 419 g/mol. The number of hydrogen-bond acceptors (Lipinski definition) is 9. The van der Waals surface area contributed by atoms with E-state index in [-0.39, 0.29) is 22.5 Å². The number of ether oxygens (including phenoxy) is 3.